The molecule has 13 heteroatoms. The van der Waals surface area contributed by atoms with Crippen LogP contribution in [0.4, 0.5) is 4.79 Å². The van der Waals surface area contributed by atoms with Crippen molar-refractivity contribution in [1.82, 2.24) is 21.3 Å². The van der Waals surface area contributed by atoms with Crippen molar-refractivity contribution in [3.05, 3.63) is 59.7 Å². The summed E-state index contributed by atoms with van der Waals surface area (Å²) in [6.45, 7) is 6.53. The van der Waals surface area contributed by atoms with Crippen molar-refractivity contribution in [3.63, 3.8) is 0 Å². The third-order valence-electron chi connectivity index (χ3n) is 7.64. The zero-order chi connectivity index (χ0) is 34.0. The van der Waals surface area contributed by atoms with Gasteiger partial charge in [0, 0.05) is 12.3 Å². The van der Waals surface area contributed by atoms with Gasteiger partial charge in [0.15, 0.2) is 0 Å². The summed E-state index contributed by atoms with van der Waals surface area (Å²) >= 11 is 0. The summed E-state index contributed by atoms with van der Waals surface area (Å²) in [6, 6.07) is 12.3. The van der Waals surface area contributed by atoms with Crippen molar-refractivity contribution < 1.29 is 38.6 Å². The van der Waals surface area contributed by atoms with Crippen molar-refractivity contribution in [2.75, 3.05) is 13.2 Å². The SMILES string of the molecule is CC(C)C[C@@H](NC(=O)[C@@H](CCC(N)=O)NC(=O)CNC(=O)[C@@H](NC(=O)OCC1c2ccccc2-c2ccccc21)C(C)C)C(=O)O. The Kier molecular flexibility index (Phi) is 12.7. The number of amides is 5. The summed E-state index contributed by atoms with van der Waals surface area (Å²) in [4.78, 5) is 74.3. The molecule has 0 aromatic heterocycles. The fourth-order valence-corrected chi connectivity index (χ4v) is 5.35. The van der Waals surface area contributed by atoms with Gasteiger partial charge in [-0.25, -0.2) is 9.59 Å². The highest BCUT2D eigenvalue weighted by Gasteiger charge is 2.31. The molecule has 0 aliphatic heterocycles. The molecule has 0 saturated carbocycles. The van der Waals surface area contributed by atoms with Gasteiger partial charge in [-0.05, 0) is 46.9 Å². The summed E-state index contributed by atoms with van der Waals surface area (Å²) in [7, 11) is 0. The average Bonchev–Trinajstić information content (AvgIpc) is 3.32. The number of primary amides is 1. The number of hydrogen-bond donors (Lipinski definition) is 6. The number of carbonyl (C=O) groups excluding carboxylic acids is 5. The molecule has 13 nitrogen and oxygen atoms in total. The van der Waals surface area contributed by atoms with Crippen LogP contribution in [0.25, 0.3) is 11.1 Å². The Morgan fingerprint density at radius 2 is 1.41 bits per heavy atom. The van der Waals surface area contributed by atoms with E-state index in [4.69, 9.17) is 10.5 Å². The fraction of sp³-hybridized carbons (Fsp3) is 0.455. The number of benzene rings is 2. The molecule has 0 fully saturated rings. The van der Waals surface area contributed by atoms with E-state index in [1.165, 1.54) is 0 Å². The van der Waals surface area contributed by atoms with Gasteiger partial charge in [-0.2, -0.15) is 0 Å². The van der Waals surface area contributed by atoms with E-state index in [1.807, 2.05) is 48.5 Å². The van der Waals surface area contributed by atoms with Crippen LogP contribution in [-0.4, -0.2) is 72.1 Å². The Morgan fingerprint density at radius 1 is 0.826 bits per heavy atom. The minimum atomic E-state index is -1.27. The second-order valence-electron chi connectivity index (χ2n) is 12.1. The van der Waals surface area contributed by atoms with Gasteiger partial charge < -0.3 is 36.8 Å². The molecule has 3 rings (SSSR count). The number of hydrogen-bond acceptors (Lipinski definition) is 7. The van der Waals surface area contributed by atoms with Crippen LogP contribution in [0.3, 0.4) is 0 Å². The van der Waals surface area contributed by atoms with E-state index in [-0.39, 0.29) is 43.6 Å². The number of nitrogens with one attached hydrogen (secondary N) is 4. The van der Waals surface area contributed by atoms with Gasteiger partial charge >= 0.3 is 12.1 Å². The van der Waals surface area contributed by atoms with Crippen LogP contribution in [0.2, 0.25) is 0 Å². The summed E-state index contributed by atoms with van der Waals surface area (Å²) in [6.07, 6.45) is -1.06. The molecule has 1 aliphatic rings. The van der Waals surface area contributed by atoms with Crippen molar-refractivity contribution in [2.24, 2.45) is 17.6 Å². The number of carboxylic acid groups (broad SMARTS) is 1. The molecule has 0 saturated heterocycles. The van der Waals surface area contributed by atoms with E-state index in [0.29, 0.717) is 0 Å². The number of carboxylic acids is 1. The second-order valence-corrected chi connectivity index (χ2v) is 12.1. The van der Waals surface area contributed by atoms with Crippen LogP contribution in [0.5, 0.6) is 0 Å². The van der Waals surface area contributed by atoms with Crippen LogP contribution in [0, 0.1) is 11.8 Å². The number of ether oxygens (including phenoxy) is 1. The van der Waals surface area contributed by atoms with E-state index < -0.39 is 60.4 Å². The molecule has 1 aliphatic carbocycles. The molecule has 0 bridgehead atoms. The summed E-state index contributed by atoms with van der Waals surface area (Å²) in [5.74, 6) is -4.74. The van der Waals surface area contributed by atoms with Gasteiger partial charge in [-0.1, -0.05) is 76.2 Å². The topological polar surface area (TPSA) is 206 Å². The van der Waals surface area contributed by atoms with Crippen LogP contribution >= 0.6 is 0 Å². The number of carbonyl (C=O) groups is 6. The van der Waals surface area contributed by atoms with Crippen molar-refractivity contribution in [1.29, 1.82) is 0 Å². The van der Waals surface area contributed by atoms with Crippen LogP contribution in [0.1, 0.15) is 64.0 Å². The van der Waals surface area contributed by atoms with E-state index in [0.717, 1.165) is 22.3 Å². The molecule has 7 N–H and O–H groups in total. The van der Waals surface area contributed by atoms with E-state index in [2.05, 4.69) is 21.3 Å². The molecular weight excluding hydrogens is 594 g/mol. The minimum absolute atomic E-state index is 0.0359. The number of nitrogens with two attached hydrogens (primary N) is 1. The van der Waals surface area contributed by atoms with Crippen LogP contribution in [0.15, 0.2) is 48.5 Å². The lowest BCUT2D eigenvalue weighted by Gasteiger charge is -2.23. The third kappa shape index (κ3) is 9.78. The zero-order valence-electron chi connectivity index (χ0n) is 26.5. The summed E-state index contributed by atoms with van der Waals surface area (Å²) in [5, 5.41) is 19.3. The normalized spacial score (nSPS) is 14.0. The number of alkyl carbamates (subject to hydrolysis) is 1. The first-order valence-corrected chi connectivity index (χ1v) is 15.3. The molecule has 248 valence electrons. The van der Waals surface area contributed by atoms with Gasteiger partial charge in [0.25, 0.3) is 0 Å². The molecular formula is C33H43N5O8. The second kappa shape index (κ2) is 16.4. The lowest BCUT2D eigenvalue weighted by atomic mass is 9.98. The van der Waals surface area contributed by atoms with Gasteiger partial charge in [-0.15, -0.1) is 0 Å². The minimum Gasteiger partial charge on any atom is -0.480 e. The van der Waals surface area contributed by atoms with E-state index in [1.54, 1.807) is 27.7 Å². The van der Waals surface area contributed by atoms with E-state index in [9.17, 15) is 33.9 Å². The largest absolute Gasteiger partial charge is 0.480 e. The van der Waals surface area contributed by atoms with Crippen molar-refractivity contribution >= 4 is 35.7 Å². The molecule has 0 radical (unpaired) electrons. The molecule has 2 aromatic rings. The standard InChI is InChI=1S/C33H43N5O8/c1-18(2)15-26(32(43)44)37-30(41)25(13-14-27(34)39)36-28(40)16-35-31(42)29(19(3)4)38-33(45)46-17-24-22-11-7-5-9-20(22)21-10-6-8-12-23(21)24/h5-12,18-19,24-26,29H,13-17H2,1-4H3,(H2,34,39)(H,35,42)(H,36,40)(H,37,41)(H,38,45)(H,43,44)/t25-,26-,29+/m1/s1. The van der Waals surface area contributed by atoms with Crippen LogP contribution in [-0.2, 0) is 28.7 Å². The first-order chi connectivity index (χ1) is 21.8. The smallest absolute Gasteiger partial charge is 0.407 e. The highest BCUT2D eigenvalue weighted by Crippen LogP contribution is 2.44. The zero-order valence-corrected chi connectivity index (χ0v) is 26.5. The first kappa shape index (κ1) is 35.5. The fourth-order valence-electron chi connectivity index (χ4n) is 5.35. The average molecular weight is 638 g/mol. The molecule has 0 heterocycles. The molecule has 5 amide bonds. The maximum Gasteiger partial charge on any atom is 0.407 e. The molecule has 2 aromatic carbocycles. The number of rotatable bonds is 16. The Hall–Kier alpha value is -4.94. The Balaban J connectivity index is 1.56. The Bertz CT molecular complexity index is 1400. The van der Waals surface area contributed by atoms with Gasteiger partial charge in [-0.3, -0.25) is 19.2 Å². The van der Waals surface area contributed by atoms with Crippen molar-refractivity contribution in [2.45, 2.75) is 71.0 Å². The summed E-state index contributed by atoms with van der Waals surface area (Å²) < 4.78 is 5.56. The predicted molar refractivity (Wildman–Crippen MR) is 169 cm³/mol. The third-order valence-corrected chi connectivity index (χ3v) is 7.64. The maximum absolute atomic E-state index is 13.0. The predicted octanol–water partition coefficient (Wildman–Crippen LogP) is 2.03. The van der Waals surface area contributed by atoms with Gasteiger partial charge in [0.05, 0.1) is 6.54 Å². The van der Waals surface area contributed by atoms with Crippen molar-refractivity contribution in [3.8, 4) is 11.1 Å². The van der Waals surface area contributed by atoms with Gasteiger partial charge in [0.1, 0.15) is 24.7 Å². The lowest BCUT2D eigenvalue weighted by Crippen LogP contribution is -2.55. The molecule has 46 heavy (non-hydrogen) atoms. The lowest BCUT2D eigenvalue weighted by molar-refractivity contribution is -0.142. The Labute approximate surface area is 268 Å². The quantitative estimate of drug-likeness (QED) is 0.160. The number of fused-ring (bicyclic) bond motifs is 3. The van der Waals surface area contributed by atoms with Crippen LogP contribution < -0.4 is 27.0 Å². The molecule has 0 unspecified atom stereocenters. The first-order valence-electron chi connectivity index (χ1n) is 15.3. The monoisotopic (exact) mass is 637 g/mol. The number of aliphatic carboxylic acids is 1. The highest BCUT2D eigenvalue weighted by molar-refractivity contribution is 5.93. The molecule has 3 atom stereocenters. The van der Waals surface area contributed by atoms with Gasteiger partial charge in [0.2, 0.25) is 23.6 Å². The molecule has 0 spiro atoms. The summed E-state index contributed by atoms with van der Waals surface area (Å²) in [5.41, 5.74) is 9.45. The Morgan fingerprint density at radius 3 is 1.93 bits per heavy atom. The maximum atomic E-state index is 13.0. The highest BCUT2D eigenvalue weighted by atomic mass is 16.5. The van der Waals surface area contributed by atoms with E-state index >= 15 is 0 Å².